The standard InChI is InChI=1S/C9H14O2/c1-6(2)5-7-8(10)3-4-9(7)11/h6,10H,3-5H2,1-2H3. The maximum atomic E-state index is 11.1. The van der Waals surface area contributed by atoms with Crippen LogP contribution in [0, 0.1) is 5.92 Å². The van der Waals surface area contributed by atoms with E-state index >= 15 is 0 Å². The number of hydrogen-bond acceptors (Lipinski definition) is 2. The van der Waals surface area contributed by atoms with Gasteiger partial charge in [0.2, 0.25) is 0 Å². The monoisotopic (exact) mass is 154 g/mol. The lowest BCUT2D eigenvalue weighted by molar-refractivity contribution is -0.115. The lowest BCUT2D eigenvalue weighted by atomic mass is 10.0. The SMILES string of the molecule is CC(C)CC1=C(O)CCC1=O. The maximum Gasteiger partial charge on any atom is 0.162 e. The van der Waals surface area contributed by atoms with E-state index in [1.54, 1.807) is 0 Å². The normalized spacial score (nSPS) is 18.6. The van der Waals surface area contributed by atoms with Crippen molar-refractivity contribution >= 4 is 5.78 Å². The van der Waals surface area contributed by atoms with Crippen molar-refractivity contribution in [2.24, 2.45) is 5.92 Å². The van der Waals surface area contributed by atoms with Gasteiger partial charge in [-0.3, -0.25) is 4.79 Å². The van der Waals surface area contributed by atoms with E-state index in [1.165, 1.54) is 0 Å². The zero-order valence-corrected chi connectivity index (χ0v) is 7.05. The fourth-order valence-corrected chi connectivity index (χ4v) is 1.33. The van der Waals surface area contributed by atoms with Crippen molar-refractivity contribution < 1.29 is 9.90 Å². The summed E-state index contributed by atoms with van der Waals surface area (Å²) in [5.74, 6) is 0.911. The summed E-state index contributed by atoms with van der Waals surface area (Å²) < 4.78 is 0. The zero-order chi connectivity index (χ0) is 8.43. The van der Waals surface area contributed by atoms with E-state index in [2.05, 4.69) is 0 Å². The highest BCUT2D eigenvalue weighted by atomic mass is 16.3. The second-order valence-corrected chi connectivity index (χ2v) is 3.45. The van der Waals surface area contributed by atoms with E-state index in [1.807, 2.05) is 13.8 Å². The Kier molecular flexibility index (Phi) is 2.32. The molecule has 0 aromatic rings. The van der Waals surface area contributed by atoms with E-state index in [0.717, 1.165) is 6.42 Å². The molecule has 0 aromatic heterocycles. The third kappa shape index (κ3) is 1.82. The van der Waals surface area contributed by atoms with Crippen molar-refractivity contribution in [1.82, 2.24) is 0 Å². The summed E-state index contributed by atoms with van der Waals surface area (Å²) in [6.07, 6.45) is 1.79. The molecule has 1 N–H and O–H groups in total. The number of rotatable bonds is 2. The van der Waals surface area contributed by atoms with E-state index in [9.17, 15) is 9.90 Å². The first-order valence-corrected chi connectivity index (χ1v) is 4.05. The van der Waals surface area contributed by atoms with Gasteiger partial charge in [-0.2, -0.15) is 0 Å². The lowest BCUT2D eigenvalue weighted by Gasteiger charge is -2.03. The summed E-state index contributed by atoms with van der Waals surface area (Å²) in [4.78, 5) is 11.1. The van der Waals surface area contributed by atoms with Crippen LogP contribution in [-0.2, 0) is 4.79 Å². The topological polar surface area (TPSA) is 37.3 Å². The van der Waals surface area contributed by atoms with Crippen LogP contribution >= 0.6 is 0 Å². The Morgan fingerprint density at radius 2 is 2.09 bits per heavy atom. The highest BCUT2D eigenvalue weighted by Gasteiger charge is 2.22. The van der Waals surface area contributed by atoms with Crippen molar-refractivity contribution in [3.63, 3.8) is 0 Å². The van der Waals surface area contributed by atoms with Crippen LogP contribution in [0.3, 0.4) is 0 Å². The Bertz CT molecular complexity index is 202. The highest BCUT2D eigenvalue weighted by Crippen LogP contribution is 2.25. The van der Waals surface area contributed by atoms with Crippen molar-refractivity contribution in [2.45, 2.75) is 33.1 Å². The van der Waals surface area contributed by atoms with Crippen LogP contribution in [0.2, 0.25) is 0 Å². The Morgan fingerprint density at radius 3 is 2.45 bits per heavy atom. The molecule has 1 rings (SSSR count). The molecule has 0 aromatic carbocycles. The van der Waals surface area contributed by atoms with E-state index in [0.29, 0.717) is 30.1 Å². The van der Waals surface area contributed by atoms with Crippen LogP contribution in [0.5, 0.6) is 0 Å². The number of carbonyl (C=O) groups excluding carboxylic acids is 1. The molecule has 11 heavy (non-hydrogen) atoms. The minimum atomic E-state index is 0.135. The number of allylic oxidation sites excluding steroid dienone is 2. The van der Waals surface area contributed by atoms with Crippen molar-refractivity contribution in [2.75, 3.05) is 0 Å². The average Bonchev–Trinajstić information content (AvgIpc) is 2.18. The van der Waals surface area contributed by atoms with Crippen LogP contribution in [0.4, 0.5) is 0 Å². The Morgan fingerprint density at radius 1 is 1.45 bits per heavy atom. The van der Waals surface area contributed by atoms with Crippen LogP contribution in [0.25, 0.3) is 0 Å². The van der Waals surface area contributed by atoms with E-state index in [4.69, 9.17) is 0 Å². The molecule has 2 heteroatoms. The van der Waals surface area contributed by atoms with Gasteiger partial charge in [-0.05, 0) is 12.3 Å². The van der Waals surface area contributed by atoms with Gasteiger partial charge in [0.15, 0.2) is 5.78 Å². The second-order valence-electron chi connectivity index (χ2n) is 3.45. The molecule has 0 amide bonds. The molecular formula is C9H14O2. The molecule has 0 saturated carbocycles. The van der Waals surface area contributed by atoms with Crippen molar-refractivity contribution in [1.29, 1.82) is 0 Å². The summed E-state index contributed by atoms with van der Waals surface area (Å²) in [6, 6.07) is 0. The van der Waals surface area contributed by atoms with Crippen LogP contribution < -0.4 is 0 Å². The quantitative estimate of drug-likeness (QED) is 0.662. The lowest BCUT2D eigenvalue weighted by Crippen LogP contribution is -2.00. The molecule has 2 nitrogen and oxygen atoms in total. The molecule has 0 heterocycles. The summed E-state index contributed by atoms with van der Waals surface area (Å²) in [5.41, 5.74) is 0.667. The van der Waals surface area contributed by atoms with Gasteiger partial charge in [-0.1, -0.05) is 13.8 Å². The first-order chi connectivity index (χ1) is 5.11. The largest absolute Gasteiger partial charge is 0.512 e. The summed E-state index contributed by atoms with van der Waals surface area (Å²) >= 11 is 0. The van der Waals surface area contributed by atoms with Crippen molar-refractivity contribution in [3.8, 4) is 0 Å². The molecule has 0 fully saturated rings. The second kappa shape index (κ2) is 3.07. The number of hydrogen-bond donors (Lipinski definition) is 1. The molecule has 62 valence electrons. The molecule has 1 aliphatic rings. The summed E-state index contributed by atoms with van der Waals surface area (Å²) in [5, 5.41) is 9.27. The Labute approximate surface area is 66.9 Å². The molecular weight excluding hydrogens is 140 g/mol. The third-order valence-corrected chi connectivity index (χ3v) is 1.89. The van der Waals surface area contributed by atoms with Crippen LogP contribution in [-0.4, -0.2) is 10.9 Å². The predicted octanol–water partition coefficient (Wildman–Crippen LogP) is 2.21. The van der Waals surface area contributed by atoms with Gasteiger partial charge in [-0.25, -0.2) is 0 Å². The summed E-state index contributed by atoms with van der Waals surface area (Å²) in [6.45, 7) is 4.10. The van der Waals surface area contributed by atoms with E-state index < -0.39 is 0 Å². The predicted molar refractivity (Wildman–Crippen MR) is 43.4 cm³/mol. The molecule has 1 aliphatic carbocycles. The number of Topliss-reactive ketones (excluding diaryl/α,β-unsaturated/α-hetero) is 1. The number of ketones is 1. The number of aliphatic hydroxyl groups is 1. The first-order valence-electron chi connectivity index (χ1n) is 4.05. The minimum Gasteiger partial charge on any atom is -0.512 e. The molecule has 0 saturated heterocycles. The fraction of sp³-hybridized carbons (Fsp3) is 0.667. The van der Waals surface area contributed by atoms with Gasteiger partial charge in [-0.15, -0.1) is 0 Å². The molecule has 0 spiro atoms. The number of aliphatic hydroxyl groups excluding tert-OH is 1. The Balaban J connectivity index is 2.67. The fourth-order valence-electron chi connectivity index (χ4n) is 1.33. The van der Waals surface area contributed by atoms with Crippen LogP contribution in [0.1, 0.15) is 33.1 Å². The van der Waals surface area contributed by atoms with Crippen LogP contribution in [0.15, 0.2) is 11.3 Å². The molecule has 0 atom stereocenters. The Hall–Kier alpha value is -0.790. The van der Waals surface area contributed by atoms with Gasteiger partial charge in [0.25, 0.3) is 0 Å². The molecule has 0 radical (unpaired) electrons. The van der Waals surface area contributed by atoms with E-state index in [-0.39, 0.29) is 5.78 Å². The first kappa shape index (κ1) is 8.31. The zero-order valence-electron chi connectivity index (χ0n) is 7.05. The third-order valence-electron chi connectivity index (χ3n) is 1.89. The maximum absolute atomic E-state index is 11.1. The molecule has 0 aliphatic heterocycles. The molecule has 0 unspecified atom stereocenters. The average molecular weight is 154 g/mol. The van der Waals surface area contributed by atoms with Gasteiger partial charge in [0.05, 0.1) is 5.76 Å². The smallest absolute Gasteiger partial charge is 0.162 e. The van der Waals surface area contributed by atoms with Gasteiger partial charge in [0.1, 0.15) is 0 Å². The van der Waals surface area contributed by atoms with Gasteiger partial charge in [0, 0.05) is 18.4 Å². The minimum absolute atomic E-state index is 0.135. The molecule has 0 bridgehead atoms. The number of carbonyl (C=O) groups is 1. The van der Waals surface area contributed by atoms with Gasteiger partial charge < -0.3 is 5.11 Å². The van der Waals surface area contributed by atoms with Crippen molar-refractivity contribution in [3.05, 3.63) is 11.3 Å². The summed E-state index contributed by atoms with van der Waals surface area (Å²) in [7, 11) is 0. The van der Waals surface area contributed by atoms with Gasteiger partial charge >= 0.3 is 0 Å². The highest BCUT2D eigenvalue weighted by molar-refractivity contribution is 5.98.